The molecule has 0 amide bonds. The minimum atomic E-state index is -4.78. The maximum atomic E-state index is 13.0. The molecular weight excluding hydrogens is 375 g/mol. The minimum absolute atomic E-state index is 0.259. The van der Waals surface area contributed by atoms with Gasteiger partial charge in [0.2, 0.25) is 0 Å². The molecule has 10 heteroatoms. The number of aromatic nitrogens is 5. The number of ether oxygens (including phenoxy) is 1. The second-order valence-corrected chi connectivity index (χ2v) is 6.16. The predicted molar refractivity (Wildman–Crippen MR) is 95.3 cm³/mol. The molecule has 28 heavy (non-hydrogen) atoms. The third kappa shape index (κ3) is 3.02. The van der Waals surface area contributed by atoms with Crippen molar-refractivity contribution in [2.75, 3.05) is 0 Å². The van der Waals surface area contributed by atoms with E-state index in [9.17, 15) is 18.0 Å². The van der Waals surface area contributed by atoms with Gasteiger partial charge in [-0.15, -0.1) is 13.2 Å². The van der Waals surface area contributed by atoms with E-state index in [1.165, 1.54) is 16.7 Å². The third-order valence-electron chi connectivity index (χ3n) is 4.41. The number of rotatable bonds is 3. The van der Waals surface area contributed by atoms with Crippen LogP contribution in [-0.4, -0.2) is 30.7 Å². The summed E-state index contributed by atoms with van der Waals surface area (Å²) in [6.45, 7) is 1.78. The van der Waals surface area contributed by atoms with Gasteiger partial charge >= 0.3 is 6.36 Å². The van der Waals surface area contributed by atoms with Crippen LogP contribution in [0.5, 0.6) is 5.75 Å². The van der Waals surface area contributed by atoms with Crippen LogP contribution in [0, 0.1) is 6.92 Å². The Balaban J connectivity index is 1.91. The van der Waals surface area contributed by atoms with E-state index in [0.717, 1.165) is 17.7 Å². The number of aromatic amines is 1. The van der Waals surface area contributed by atoms with Crippen molar-refractivity contribution in [3.63, 3.8) is 0 Å². The van der Waals surface area contributed by atoms with E-state index in [1.54, 1.807) is 32.6 Å². The number of alkyl halides is 3. The van der Waals surface area contributed by atoms with Gasteiger partial charge in [0.05, 0.1) is 11.7 Å². The van der Waals surface area contributed by atoms with E-state index in [1.807, 2.05) is 4.57 Å². The zero-order chi connectivity index (χ0) is 20.1. The van der Waals surface area contributed by atoms with Crippen LogP contribution in [0.4, 0.5) is 13.2 Å². The number of fused-ring (bicyclic) bond motifs is 1. The van der Waals surface area contributed by atoms with Crippen LogP contribution < -0.4 is 10.3 Å². The van der Waals surface area contributed by atoms with Gasteiger partial charge in [-0.05, 0) is 31.2 Å². The molecule has 7 nitrogen and oxygen atoms in total. The summed E-state index contributed by atoms with van der Waals surface area (Å²) in [7, 11) is 1.81. The van der Waals surface area contributed by atoms with Crippen LogP contribution in [0.1, 0.15) is 5.82 Å². The van der Waals surface area contributed by atoms with Crippen LogP contribution in [0.3, 0.4) is 0 Å². The Bertz CT molecular complexity index is 1210. The van der Waals surface area contributed by atoms with Crippen molar-refractivity contribution >= 4 is 11.0 Å². The molecule has 0 fully saturated rings. The van der Waals surface area contributed by atoms with E-state index < -0.39 is 6.36 Å². The maximum Gasteiger partial charge on any atom is 0.573 e. The van der Waals surface area contributed by atoms with Gasteiger partial charge in [0, 0.05) is 36.3 Å². The standard InChI is InChI=1S/C18H14F3N5O2/c1-10-24-15-16(25(10)2)14(11-7-22-23-8-11)9-26(17(15)27)12-3-5-13(6-4-12)28-18(19,20)21/h3-9H,1-2H3,(H,22,23). The van der Waals surface area contributed by atoms with Crippen molar-refractivity contribution in [1.29, 1.82) is 0 Å². The molecule has 1 aromatic carbocycles. The number of halogens is 3. The molecular formula is C18H14F3N5O2. The molecule has 0 aliphatic heterocycles. The second-order valence-electron chi connectivity index (χ2n) is 6.16. The first-order valence-electron chi connectivity index (χ1n) is 8.18. The van der Waals surface area contributed by atoms with Crippen LogP contribution in [-0.2, 0) is 7.05 Å². The zero-order valence-electron chi connectivity index (χ0n) is 14.8. The van der Waals surface area contributed by atoms with Gasteiger partial charge in [0.1, 0.15) is 11.6 Å². The lowest BCUT2D eigenvalue weighted by molar-refractivity contribution is -0.274. The number of nitrogens with zero attached hydrogens (tertiary/aromatic N) is 4. The Kier molecular flexibility index (Phi) is 3.98. The first-order valence-corrected chi connectivity index (χ1v) is 8.18. The SMILES string of the molecule is Cc1nc2c(=O)n(-c3ccc(OC(F)(F)F)cc3)cc(-c3cn[nH]c3)c2n1C. The smallest absolute Gasteiger partial charge is 0.406 e. The molecule has 3 aromatic heterocycles. The first-order chi connectivity index (χ1) is 13.2. The Morgan fingerprint density at radius 3 is 2.50 bits per heavy atom. The Morgan fingerprint density at radius 1 is 1.18 bits per heavy atom. The van der Waals surface area contributed by atoms with Gasteiger partial charge in [-0.2, -0.15) is 5.10 Å². The van der Waals surface area contributed by atoms with Gasteiger partial charge in [-0.3, -0.25) is 14.5 Å². The summed E-state index contributed by atoms with van der Waals surface area (Å²) in [5.41, 5.74) is 2.37. The molecule has 144 valence electrons. The van der Waals surface area contributed by atoms with Crippen molar-refractivity contribution in [1.82, 2.24) is 24.3 Å². The van der Waals surface area contributed by atoms with Crippen molar-refractivity contribution in [2.45, 2.75) is 13.3 Å². The molecule has 4 rings (SSSR count). The second kappa shape index (κ2) is 6.25. The van der Waals surface area contributed by atoms with Gasteiger partial charge in [0.25, 0.3) is 5.56 Å². The molecule has 0 radical (unpaired) electrons. The van der Waals surface area contributed by atoms with E-state index >= 15 is 0 Å². The monoisotopic (exact) mass is 389 g/mol. The quantitative estimate of drug-likeness (QED) is 0.583. The summed E-state index contributed by atoms with van der Waals surface area (Å²) in [6.07, 6.45) is 0.145. The van der Waals surface area contributed by atoms with Crippen molar-refractivity contribution in [3.8, 4) is 22.6 Å². The van der Waals surface area contributed by atoms with Crippen molar-refractivity contribution in [3.05, 3.63) is 59.0 Å². The molecule has 0 atom stereocenters. The molecule has 0 saturated heterocycles. The lowest BCUT2D eigenvalue weighted by atomic mass is 10.1. The summed E-state index contributed by atoms with van der Waals surface area (Å²) in [4.78, 5) is 17.3. The van der Waals surface area contributed by atoms with Gasteiger partial charge < -0.3 is 9.30 Å². The summed E-state index contributed by atoms with van der Waals surface area (Å²) in [6, 6.07) is 5.06. The fourth-order valence-electron chi connectivity index (χ4n) is 3.04. The minimum Gasteiger partial charge on any atom is -0.406 e. The number of nitrogens with one attached hydrogen (secondary N) is 1. The fourth-order valence-corrected chi connectivity index (χ4v) is 3.04. The molecule has 0 saturated carbocycles. The summed E-state index contributed by atoms with van der Waals surface area (Å²) >= 11 is 0. The highest BCUT2D eigenvalue weighted by Gasteiger charge is 2.31. The van der Waals surface area contributed by atoms with E-state index in [-0.39, 0.29) is 16.8 Å². The van der Waals surface area contributed by atoms with Crippen molar-refractivity contribution < 1.29 is 17.9 Å². The lowest BCUT2D eigenvalue weighted by Gasteiger charge is -2.12. The Hall–Kier alpha value is -3.56. The zero-order valence-corrected chi connectivity index (χ0v) is 14.8. The number of pyridine rings is 1. The van der Waals surface area contributed by atoms with Gasteiger partial charge in [-0.25, -0.2) is 4.98 Å². The topological polar surface area (TPSA) is 77.7 Å². The Morgan fingerprint density at radius 2 is 1.89 bits per heavy atom. The molecule has 4 aromatic rings. The number of H-pyrrole nitrogens is 1. The van der Waals surface area contributed by atoms with Crippen LogP contribution >= 0.6 is 0 Å². The van der Waals surface area contributed by atoms with Gasteiger partial charge in [0.15, 0.2) is 5.52 Å². The predicted octanol–water partition coefficient (Wildman–Crippen LogP) is 3.32. The number of imidazole rings is 1. The number of aryl methyl sites for hydroxylation is 2. The number of hydrogen-bond acceptors (Lipinski definition) is 4. The molecule has 0 bridgehead atoms. The van der Waals surface area contributed by atoms with Crippen LogP contribution in [0.25, 0.3) is 27.8 Å². The molecule has 1 N–H and O–H groups in total. The number of benzene rings is 1. The highest BCUT2D eigenvalue weighted by atomic mass is 19.4. The van der Waals surface area contributed by atoms with E-state index in [4.69, 9.17) is 0 Å². The summed E-state index contributed by atoms with van der Waals surface area (Å²) in [5.74, 6) is 0.289. The number of hydrogen-bond donors (Lipinski definition) is 1. The van der Waals surface area contributed by atoms with Crippen LogP contribution in [0.2, 0.25) is 0 Å². The van der Waals surface area contributed by atoms with Gasteiger partial charge in [-0.1, -0.05) is 0 Å². The summed E-state index contributed by atoms with van der Waals surface area (Å²) < 4.78 is 44.1. The molecule has 0 unspecified atom stereocenters. The highest BCUT2D eigenvalue weighted by Crippen LogP contribution is 2.28. The fraction of sp³-hybridized carbons (Fsp3) is 0.167. The summed E-state index contributed by atoms with van der Waals surface area (Å²) in [5, 5.41) is 6.68. The normalized spacial score (nSPS) is 11.9. The first kappa shape index (κ1) is 17.8. The van der Waals surface area contributed by atoms with Crippen molar-refractivity contribution in [2.24, 2.45) is 7.05 Å². The molecule has 0 spiro atoms. The average molecular weight is 389 g/mol. The lowest BCUT2D eigenvalue weighted by Crippen LogP contribution is -2.19. The van der Waals surface area contributed by atoms with E-state index in [0.29, 0.717) is 22.6 Å². The maximum absolute atomic E-state index is 13.0. The largest absolute Gasteiger partial charge is 0.573 e. The molecule has 3 heterocycles. The molecule has 0 aliphatic rings. The highest BCUT2D eigenvalue weighted by molar-refractivity contribution is 5.91. The average Bonchev–Trinajstić information content (AvgIpc) is 3.25. The molecule has 0 aliphatic carbocycles. The van der Waals surface area contributed by atoms with Crippen LogP contribution in [0.15, 0.2) is 47.7 Å². The van der Waals surface area contributed by atoms with E-state index in [2.05, 4.69) is 19.9 Å². The third-order valence-corrected chi connectivity index (χ3v) is 4.41. The Labute approximate surface area is 156 Å².